The van der Waals surface area contributed by atoms with Gasteiger partial charge in [-0.25, -0.2) is 4.98 Å². The maximum atomic E-state index is 12.9. The Hall–Kier alpha value is -2.66. The number of amides is 1. The average molecular weight is 375 g/mol. The van der Waals surface area contributed by atoms with Gasteiger partial charge in [-0.1, -0.05) is 36.4 Å². The number of nitrogens with zero attached hydrogens (tertiary/aromatic N) is 3. The Morgan fingerprint density at radius 3 is 2.36 bits per heavy atom. The summed E-state index contributed by atoms with van der Waals surface area (Å²) in [6.45, 7) is 1.37. The fourth-order valence-electron chi connectivity index (χ4n) is 4.63. The van der Waals surface area contributed by atoms with Gasteiger partial charge in [0.15, 0.2) is 0 Å². The van der Waals surface area contributed by atoms with E-state index in [9.17, 15) is 9.90 Å². The second-order valence-electron chi connectivity index (χ2n) is 8.27. The Morgan fingerprint density at radius 1 is 1.00 bits per heavy atom. The number of likely N-dealkylation sites (tertiary alicyclic amines) is 1. The van der Waals surface area contributed by atoms with E-state index < -0.39 is 5.41 Å². The largest absolute Gasteiger partial charge is 0.395 e. The number of carbonyl (C=O) groups is 1. The molecule has 1 N–H and O–H groups in total. The summed E-state index contributed by atoms with van der Waals surface area (Å²) < 4.78 is 2.07. The van der Waals surface area contributed by atoms with Crippen molar-refractivity contribution in [3.05, 3.63) is 72.2 Å². The number of fused-ring (bicyclic) bond motifs is 1. The maximum absolute atomic E-state index is 12.9. The first kappa shape index (κ1) is 17.4. The summed E-state index contributed by atoms with van der Waals surface area (Å²) in [4.78, 5) is 19.8. The number of hydrogen-bond donors (Lipinski definition) is 1. The minimum absolute atomic E-state index is 0.0292. The van der Waals surface area contributed by atoms with Crippen LogP contribution in [0.2, 0.25) is 0 Å². The molecule has 1 amide bonds. The zero-order chi connectivity index (χ0) is 19.2. The van der Waals surface area contributed by atoms with Crippen LogP contribution in [0.3, 0.4) is 0 Å². The Bertz CT molecular complexity index is 966. The van der Waals surface area contributed by atoms with Crippen molar-refractivity contribution in [3.63, 3.8) is 0 Å². The molecule has 2 fully saturated rings. The number of aliphatic hydroxyl groups is 1. The summed E-state index contributed by atoms with van der Waals surface area (Å²) in [5.41, 5.74) is 2.59. The highest BCUT2D eigenvalue weighted by atomic mass is 16.3. The van der Waals surface area contributed by atoms with Crippen molar-refractivity contribution in [3.8, 4) is 0 Å². The number of carbonyl (C=O) groups excluding carboxylic acids is 1. The lowest BCUT2D eigenvalue weighted by Gasteiger charge is -2.42. The van der Waals surface area contributed by atoms with E-state index in [4.69, 9.17) is 4.98 Å². The first-order valence-electron chi connectivity index (χ1n) is 10.1. The van der Waals surface area contributed by atoms with Crippen LogP contribution in [0.4, 0.5) is 0 Å². The van der Waals surface area contributed by atoms with E-state index >= 15 is 0 Å². The normalized spacial score (nSPS) is 20.2. The predicted molar refractivity (Wildman–Crippen MR) is 107 cm³/mol. The smallest absolute Gasteiger partial charge is 0.231 e. The van der Waals surface area contributed by atoms with E-state index in [2.05, 4.69) is 34.9 Å². The van der Waals surface area contributed by atoms with Gasteiger partial charge in [0.25, 0.3) is 0 Å². The molecule has 2 aliphatic rings. The van der Waals surface area contributed by atoms with Gasteiger partial charge >= 0.3 is 0 Å². The van der Waals surface area contributed by atoms with Crippen LogP contribution in [0.5, 0.6) is 0 Å². The molecular weight excluding hydrogens is 350 g/mol. The number of pyridine rings is 1. The molecule has 0 radical (unpaired) electrons. The van der Waals surface area contributed by atoms with Crippen LogP contribution in [-0.4, -0.2) is 45.0 Å². The third kappa shape index (κ3) is 2.65. The Labute approximate surface area is 164 Å². The number of rotatable bonds is 4. The van der Waals surface area contributed by atoms with Gasteiger partial charge < -0.3 is 14.4 Å². The number of imidazole rings is 1. The minimum Gasteiger partial charge on any atom is -0.395 e. The molecule has 1 aromatic carbocycles. The summed E-state index contributed by atoms with van der Waals surface area (Å²) >= 11 is 0. The Kier molecular flexibility index (Phi) is 4.02. The first-order valence-corrected chi connectivity index (χ1v) is 10.1. The molecular formula is C23H25N3O2. The Balaban J connectivity index is 1.50. The number of hydrogen-bond acceptors (Lipinski definition) is 3. The number of aromatic nitrogens is 2. The zero-order valence-electron chi connectivity index (χ0n) is 15.9. The fraction of sp³-hybridized carbons (Fsp3) is 0.391. The van der Waals surface area contributed by atoms with Crippen LogP contribution in [0.25, 0.3) is 5.65 Å². The highest BCUT2D eigenvalue weighted by Gasteiger charge is 2.52. The Morgan fingerprint density at radius 2 is 1.71 bits per heavy atom. The summed E-state index contributed by atoms with van der Waals surface area (Å²) in [5.74, 6) is 0.131. The molecule has 5 rings (SSSR count). The number of aliphatic hydroxyl groups excluding tert-OH is 1. The van der Waals surface area contributed by atoms with Gasteiger partial charge in [-0.2, -0.15) is 0 Å². The number of benzene rings is 1. The molecule has 28 heavy (non-hydrogen) atoms. The van der Waals surface area contributed by atoms with Crippen LogP contribution < -0.4 is 0 Å². The van der Waals surface area contributed by atoms with Gasteiger partial charge in [-0.05, 0) is 43.4 Å². The van der Waals surface area contributed by atoms with Crippen molar-refractivity contribution in [2.24, 2.45) is 5.41 Å². The lowest BCUT2D eigenvalue weighted by atomic mass is 9.70. The van der Waals surface area contributed by atoms with Gasteiger partial charge in [-0.15, -0.1) is 0 Å². The van der Waals surface area contributed by atoms with Crippen LogP contribution in [0.15, 0.2) is 60.9 Å². The van der Waals surface area contributed by atoms with Gasteiger partial charge in [-0.3, -0.25) is 4.79 Å². The molecule has 0 bridgehead atoms. The topological polar surface area (TPSA) is 57.8 Å². The molecule has 144 valence electrons. The SMILES string of the molecule is O=C(N1CCC(c2ccccc2)(c2cn3ccccc3n2)CC1)C1(CO)CC1. The van der Waals surface area contributed by atoms with Gasteiger partial charge in [0.05, 0.1) is 17.7 Å². The highest BCUT2D eigenvalue weighted by Crippen LogP contribution is 2.48. The monoisotopic (exact) mass is 375 g/mol. The molecule has 1 aliphatic carbocycles. The van der Waals surface area contributed by atoms with E-state index in [1.54, 1.807) is 0 Å². The van der Waals surface area contributed by atoms with Crippen molar-refractivity contribution < 1.29 is 9.90 Å². The van der Waals surface area contributed by atoms with Gasteiger partial charge in [0.2, 0.25) is 5.91 Å². The lowest BCUT2D eigenvalue weighted by Crippen LogP contribution is -2.48. The van der Waals surface area contributed by atoms with E-state index in [-0.39, 0.29) is 17.9 Å². The van der Waals surface area contributed by atoms with Crippen molar-refractivity contribution >= 4 is 11.6 Å². The standard InChI is InChI=1S/C23H25N3O2/c27-17-22(9-10-22)21(28)25-14-11-23(12-15-25,18-6-2-1-3-7-18)19-16-26-13-5-4-8-20(26)24-19/h1-8,13,16,27H,9-12,14-15,17H2. The maximum Gasteiger partial charge on any atom is 0.231 e. The van der Waals surface area contributed by atoms with E-state index in [1.807, 2.05) is 35.4 Å². The van der Waals surface area contributed by atoms with Crippen molar-refractivity contribution in [1.29, 1.82) is 0 Å². The molecule has 1 saturated carbocycles. The summed E-state index contributed by atoms with van der Waals surface area (Å²) in [6.07, 6.45) is 7.48. The molecule has 3 aromatic rings. The molecule has 0 spiro atoms. The molecule has 1 saturated heterocycles. The molecule has 3 heterocycles. The van der Waals surface area contributed by atoms with E-state index in [0.717, 1.165) is 37.0 Å². The zero-order valence-corrected chi connectivity index (χ0v) is 15.9. The first-order chi connectivity index (χ1) is 13.7. The van der Waals surface area contributed by atoms with Crippen LogP contribution in [0, 0.1) is 5.41 Å². The lowest BCUT2D eigenvalue weighted by molar-refractivity contribution is -0.140. The fourth-order valence-corrected chi connectivity index (χ4v) is 4.63. The second kappa shape index (κ2) is 6.45. The van der Waals surface area contributed by atoms with Gasteiger partial charge in [0, 0.05) is 30.9 Å². The highest BCUT2D eigenvalue weighted by molar-refractivity contribution is 5.85. The van der Waals surface area contributed by atoms with Gasteiger partial charge in [0.1, 0.15) is 5.65 Å². The second-order valence-corrected chi connectivity index (χ2v) is 8.27. The van der Waals surface area contributed by atoms with Crippen LogP contribution in [0.1, 0.15) is 36.9 Å². The molecule has 5 nitrogen and oxygen atoms in total. The molecule has 0 atom stereocenters. The molecule has 0 unspecified atom stereocenters. The van der Waals surface area contributed by atoms with Crippen LogP contribution in [-0.2, 0) is 10.2 Å². The molecule has 5 heteroatoms. The van der Waals surface area contributed by atoms with E-state index in [0.29, 0.717) is 13.1 Å². The van der Waals surface area contributed by atoms with Crippen LogP contribution >= 0.6 is 0 Å². The summed E-state index contributed by atoms with van der Waals surface area (Å²) in [7, 11) is 0. The average Bonchev–Trinajstić information content (AvgIpc) is 3.44. The van der Waals surface area contributed by atoms with Crippen molar-refractivity contribution in [2.45, 2.75) is 31.1 Å². The van der Waals surface area contributed by atoms with E-state index in [1.165, 1.54) is 5.56 Å². The number of piperidine rings is 1. The third-order valence-electron chi connectivity index (χ3n) is 6.69. The quantitative estimate of drug-likeness (QED) is 0.763. The third-order valence-corrected chi connectivity index (χ3v) is 6.69. The minimum atomic E-state index is -0.490. The summed E-state index contributed by atoms with van der Waals surface area (Å²) in [5, 5.41) is 9.64. The molecule has 2 aromatic heterocycles. The van der Waals surface area contributed by atoms with Crippen molar-refractivity contribution in [1.82, 2.24) is 14.3 Å². The van der Waals surface area contributed by atoms with Crippen molar-refractivity contribution in [2.75, 3.05) is 19.7 Å². The predicted octanol–water partition coefficient (Wildman–Crippen LogP) is 3.02. The summed E-state index contributed by atoms with van der Waals surface area (Å²) in [6, 6.07) is 16.6. The molecule has 1 aliphatic heterocycles.